The predicted octanol–water partition coefficient (Wildman–Crippen LogP) is 4.79. The van der Waals surface area contributed by atoms with Crippen molar-refractivity contribution < 1.29 is 27.5 Å². The van der Waals surface area contributed by atoms with Gasteiger partial charge < -0.3 is 24.4 Å². The zero-order valence-electron chi connectivity index (χ0n) is 27.0. The van der Waals surface area contributed by atoms with Gasteiger partial charge in [0, 0.05) is 68.0 Å². The van der Waals surface area contributed by atoms with Gasteiger partial charge in [0.25, 0.3) is 11.8 Å². The quantitative estimate of drug-likeness (QED) is 0.242. The number of nitrogens with one attached hydrogen (secondary N) is 1. The fourth-order valence-electron chi connectivity index (χ4n) is 5.90. The van der Waals surface area contributed by atoms with Gasteiger partial charge in [-0.3, -0.25) is 19.3 Å². The number of pyridine rings is 1. The lowest BCUT2D eigenvalue weighted by Gasteiger charge is -2.23. The van der Waals surface area contributed by atoms with Crippen LogP contribution in [0.15, 0.2) is 61.4 Å². The first kappa shape index (κ1) is 32.7. The van der Waals surface area contributed by atoms with Gasteiger partial charge in [0.1, 0.15) is 12.4 Å². The van der Waals surface area contributed by atoms with Crippen molar-refractivity contribution in [3.05, 3.63) is 89.4 Å². The molecule has 0 fully saturated rings. The summed E-state index contributed by atoms with van der Waals surface area (Å²) in [6, 6.07) is 8.68. The number of alkyl halides is 3. The fraction of sp³-hybridized carbons (Fsp3) is 0.324. The molecule has 1 aliphatic rings. The molecule has 11 nitrogen and oxygen atoms in total. The molecule has 0 spiro atoms. The number of imidazole rings is 1. The van der Waals surface area contributed by atoms with Crippen LogP contribution in [0.3, 0.4) is 0 Å². The summed E-state index contributed by atoms with van der Waals surface area (Å²) in [6.07, 6.45) is 3.63. The summed E-state index contributed by atoms with van der Waals surface area (Å²) in [7, 11) is 5.25. The van der Waals surface area contributed by atoms with E-state index in [2.05, 4.69) is 20.4 Å². The molecule has 0 unspecified atom stereocenters. The molecule has 1 N–H and O–H groups in total. The molecule has 5 aromatic rings. The second kappa shape index (κ2) is 13.1. The van der Waals surface area contributed by atoms with E-state index in [1.165, 1.54) is 13.2 Å². The Morgan fingerprint density at radius 2 is 1.88 bits per heavy atom. The van der Waals surface area contributed by atoms with Gasteiger partial charge >= 0.3 is 6.18 Å². The number of anilines is 1. The van der Waals surface area contributed by atoms with Crippen LogP contribution in [0.25, 0.3) is 22.0 Å². The zero-order valence-corrected chi connectivity index (χ0v) is 27.0. The van der Waals surface area contributed by atoms with E-state index in [9.17, 15) is 22.8 Å². The molecular weight excluding hydrogens is 625 g/mol. The van der Waals surface area contributed by atoms with Gasteiger partial charge in [0.05, 0.1) is 35.2 Å². The summed E-state index contributed by atoms with van der Waals surface area (Å²) in [6.45, 7) is 3.43. The van der Waals surface area contributed by atoms with E-state index >= 15 is 0 Å². The van der Waals surface area contributed by atoms with E-state index in [0.29, 0.717) is 47.2 Å². The lowest BCUT2D eigenvalue weighted by atomic mass is 9.97. The number of hydrogen-bond donors (Lipinski definition) is 1. The van der Waals surface area contributed by atoms with Gasteiger partial charge in [-0.15, -0.1) is 0 Å². The van der Waals surface area contributed by atoms with Crippen LogP contribution in [0.4, 0.5) is 18.9 Å². The minimum Gasteiger partial charge on any atom is -0.490 e. The van der Waals surface area contributed by atoms with Gasteiger partial charge in [-0.05, 0) is 62.0 Å². The average Bonchev–Trinajstić information content (AvgIpc) is 3.68. The third kappa shape index (κ3) is 6.47. The molecule has 6 rings (SSSR count). The Balaban J connectivity index is 1.49. The van der Waals surface area contributed by atoms with Crippen molar-refractivity contribution in [1.29, 1.82) is 0 Å². The summed E-state index contributed by atoms with van der Waals surface area (Å²) in [5, 5.41) is 7.26. The third-order valence-electron chi connectivity index (χ3n) is 8.17. The lowest BCUT2D eigenvalue weighted by Crippen LogP contribution is -2.33. The smallest absolute Gasteiger partial charge is 0.435 e. The van der Waals surface area contributed by atoms with Crippen molar-refractivity contribution in [1.82, 2.24) is 34.5 Å². The summed E-state index contributed by atoms with van der Waals surface area (Å²) in [5.41, 5.74) is 1.75. The van der Waals surface area contributed by atoms with Crippen LogP contribution in [0.2, 0.25) is 0 Å². The van der Waals surface area contributed by atoms with Crippen molar-refractivity contribution >= 4 is 28.4 Å². The number of rotatable bonds is 9. The van der Waals surface area contributed by atoms with Gasteiger partial charge in [0.15, 0.2) is 5.69 Å². The number of fused-ring (bicyclic) bond motifs is 2. The monoisotopic (exact) mass is 660 g/mol. The Morgan fingerprint density at radius 3 is 2.58 bits per heavy atom. The molecule has 14 heteroatoms. The van der Waals surface area contributed by atoms with Crippen molar-refractivity contribution in [3.63, 3.8) is 0 Å². The minimum atomic E-state index is -4.74. The minimum absolute atomic E-state index is 0.00336. The molecule has 4 heterocycles. The summed E-state index contributed by atoms with van der Waals surface area (Å²) in [5.74, 6) is -0.688. The maximum atomic E-state index is 14.6. The number of ether oxygens (including phenoxy) is 1. The van der Waals surface area contributed by atoms with Crippen molar-refractivity contribution in [3.8, 4) is 16.9 Å². The number of hydrogen-bond acceptors (Lipinski definition) is 7. The van der Waals surface area contributed by atoms with E-state index in [-0.39, 0.29) is 48.0 Å². The molecule has 0 atom stereocenters. The summed E-state index contributed by atoms with van der Waals surface area (Å²) >= 11 is 0. The van der Waals surface area contributed by atoms with Gasteiger partial charge in [-0.2, -0.15) is 18.3 Å². The highest BCUT2D eigenvalue weighted by Crippen LogP contribution is 2.43. The van der Waals surface area contributed by atoms with Gasteiger partial charge in [0.2, 0.25) is 0 Å². The van der Waals surface area contributed by atoms with Crippen LogP contribution in [0.5, 0.6) is 5.75 Å². The standard InChI is InChI=1S/C34H35F3N8O3/c1-5-21-14-24-28(6-7-39-29(24)25(15-21)32(46)40-9-10-42(2)3)45-12-13-48-30-23(27-19-43(4)41-31(27)34(35,36)37)16-22(17-26(30)33(45)47)18-44-11-8-38-20-44/h6-8,11,14-17,19-20H,5,9-10,12-13,18H2,1-4H3,(H,40,46). The Labute approximate surface area is 274 Å². The first-order valence-corrected chi connectivity index (χ1v) is 15.5. The first-order valence-electron chi connectivity index (χ1n) is 15.5. The number of aromatic nitrogens is 5. The number of likely N-dealkylation sites (N-methyl/N-ethyl adjacent to an activating group) is 1. The second-order valence-corrected chi connectivity index (χ2v) is 11.9. The number of halogens is 3. The molecule has 2 aromatic carbocycles. The first-order chi connectivity index (χ1) is 22.9. The topological polar surface area (TPSA) is 110 Å². The predicted molar refractivity (Wildman–Crippen MR) is 174 cm³/mol. The Kier molecular flexibility index (Phi) is 8.93. The highest BCUT2D eigenvalue weighted by Gasteiger charge is 2.39. The number of aryl methyl sites for hydroxylation is 2. The molecule has 0 bridgehead atoms. The van der Waals surface area contributed by atoms with Crippen molar-refractivity contribution in [2.75, 3.05) is 45.2 Å². The molecule has 0 saturated carbocycles. The van der Waals surface area contributed by atoms with E-state index in [0.717, 1.165) is 10.2 Å². The van der Waals surface area contributed by atoms with E-state index in [4.69, 9.17) is 4.74 Å². The molecule has 3 aromatic heterocycles. The van der Waals surface area contributed by atoms with Crippen LogP contribution >= 0.6 is 0 Å². The SMILES string of the molecule is CCc1cc(C(=O)NCCN(C)C)c2nccc(N3CCOc4c(cc(Cn5ccnc5)cc4-c4cn(C)nc4C(F)(F)F)C3=O)c2c1. The number of benzene rings is 2. The zero-order chi connectivity index (χ0) is 34.2. The highest BCUT2D eigenvalue weighted by molar-refractivity contribution is 6.15. The molecule has 1 aliphatic heterocycles. The largest absolute Gasteiger partial charge is 0.490 e. The molecule has 250 valence electrons. The van der Waals surface area contributed by atoms with Crippen molar-refractivity contribution in [2.45, 2.75) is 26.1 Å². The molecule has 48 heavy (non-hydrogen) atoms. The number of carbonyl (C=O) groups is 2. The lowest BCUT2D eigenvalue weighted by molar-refractivity contribution is -0.141. The third-order valence-corrected chi connectivity index (χ3v) is 8.17. The molecule has 0 saturated heterocycles. The van der Waals surface area contributed by atoms with E-state index in [1.54, 1.807) is 52.6 Å². The fourth-order valence-corrected chi connectivity index (χ4v) is 5.90. The normalized spacial score (nSPS) is 13.5. The Bertz CT molecular complexity index is 1990. The van der Waals surface area contributed by atoms with Crippen LogP contribution in [0, 0.1) is 0 Å². The molecule has 0 radical (unpaired) electrons. The Morgan fingerprint density at radius 1 is 1.08 bits per heavy atom. The van der Waals surface area contributed by atoms with E-state index in [1.807, 2.05) is 38.1 Å². The van der Waals surface area contributed by atoms with Crippen LogP contribution in [-0.4, -0.2) is 81.4 Å². The average molecular weight is 661 g/mol. The number of amides is 2. The number of nitrogens with zero attached hydrogens (tertiary/aromatic N) is 7. The summed E-state index contributed by atoms with van der Waals surface area (Å²) < 4.78 is 51.6. The maximum Gasteiger partial charge on any atom is 0.435 e. The second-order valence-electron chi connectivity index (χ2n) is 11.9. The van der Waals surface area contributed by atoms with Crippen LogP contribution in [-0.2, 0) is 26.2 Å². The van der Waals surface area contributed by atoms with Crippen LogP contribution in [0.1, 0.15) is 44.5 Å². The van der Waals surface area contributed by atoms with Crippen LogP contribution < -0.4 is 15.0 Å². The summed E-state index contributed by atoms with van der Waals surface area (Å²) in [4.78, 5) is 40.0. The van der Waals surface area contributed by atoms with Crippen molar-refractivity contribution in [2.24, 2.45) is 7.05 Å². The highest BCUT2D eigenvalue weighted by atomic mass is 19.4. The molecule has 0 aliphatic carbocycles. The maximum absolute atomic E-state index is 14.6. The van der Waals surface area contributed by atoms with E-state index < -0.39 is 17.8 Å². The Hall–Kier alpha value is -5.24. The molecule has 2 amide bonds. The van der Waals surface area contributed by atoms with Gasteiger partial charge in [-0.25, -0.2) is 4.98 Å². The number of carbonyl (C=O) groups excluding carboxylic acids is 2. The molecular formula is C34H35F3N8O3. The van der Waals surface area contributed by atoms with Gasteiger partial charge in [-0.1, -0.05) is 6.92 Å².